The Morgan fingerprint density at radius 2 is 2.10 bits per heavy atom. The number of rotatable bonds is 6. The Balaban J connectivity index is 2.01. The predicted octanol–water partition coefficient (Wildman–Crippen LogP) is 3.23. The molecule has 0 aromatic heterocycles. The van der Waals surface area contributed by atoms with Gasteiger partial charge in [0.25, 0.3) is 0 Å². The summed E-state index contributed by atoms with van der Waals surface area (Å²) >= 11 is 0. The van der Waals surface area contributed by atoms with Crippen LogP contribution >= 0.6 is 0 Å². The summed E-state index contributed by atoms with van der Waals surface area (Å²) in [5.41, 5.74) is 2.55. The second-order valence-corrected chi connectivity index (χ2v) is 5.74. The number of benzene rings is 1. The molecular formula is C17H27NO2. The average molecular weight is 277 g/mol. The fourth-order valence-electron chi connectivity index (χ4n) is 2.97. The lowest BCUT2D eigenvalue weighted by atomic mass is 9.94. The molecule has 1 aromatic carbocycles. The first-order valence-corrected chi connectivity index (χ1v) is 7.62. The lowest BCUT2D eigenvalue weighted by Crippen LogP contribution is -2.31. The maximum Gasteiger partial charge on any atom is 0.0952 e. The number of ether oxygens (including phenoxy) is 2. The fraction of sp³-hybridized carbons (Fsp3) is 0.647. The van der Waals surface area contributed by atoms with E-state index < -0.39 is 0 Å². The Kier molecular flexibility index (Phi) is 6.02. The minimum atomic E-state index is 0.125. The zero-order valence-electron chi connectivity index (χ0n) is 12.9. The molecule has 20 heavy (non-hydrogen) atoms. The highest BCUT2D eigenvalue weighted by Gasteiger charge is 2.25. The maximum absolute atomic E-state index is 6.36. The van der Waals surface area contributed by atoms with Gasteiger partial charge in [-0.2, -0.15) is 0 Å². The van der Waals surface area contributed by atoms with Crippen LogP contribution in [0.1, 0.15) is 42.9 Å². The minimum absolute atomic E-state index is 0.125. The monoisotopic (exact) mass is 277 g/mol. The van der Waals surface area contributed by atoms with Crippen LogP contribution in [0.3, 0.4) is 0 Å². The molecule has 3 atom stereocenters. The summed E-state index contributed by atoms with van der Waals surface area (Å²) in [5, 5.41) is 3.24. The van der Waals surface area contributed by atoms with E-state index in [1.165, 1.54) is 17.5 Å². The van der Waals surface area contributed by atoms with Crippen molar-refractivity contribution in [2.45, 2.75) is 50.9 Å². The van der Waals surface area contributed by atoms with Crippen molar-refractivity contribution in [3.05, 3.63) is 35.4 Å². The number of likely N-dealkylation sites (N-methyl/N-ethyl adjacent to an activating group) is 1. The molecule has 0 saturated heterocycles. The highest BCUT2D eigenvalue weighted by atomic mass is 16.5. The second kappa shape index (κ2) is 7.77. The molecular weight excluding hydrogens is 250 g/mol. The van der Waals surface area contributed by atoms with Crippen molar-refractivity contribution in [1.29, 1.82) is 0 Å². The van der Waals surface area contributed by atoms with Gasteiger partial charge in [-0.15, -0.1) is 0 Å². The molecule has 112 valence electrons. The zero-order chi connectivity index (χ0) is 14.4. The third-order valence-electron chi connectivity index (χ3n) is 4.07. The maximum atomic E-state index is 6.36. The highest BCUT2D eigenvalue weighted by molar-refractivity contribution is 5.24. The standard InChI is InChI=1S/C17H27NO2/c1-13-6-4-7-14(10-13)17(12-18-2)20-16-9-5-8-15(11-16)19-3/h4,6-7,10,15-18H,5,8-9,11-12H2,1-3H3. The Bertz CT molecular complexity index is 408. The topological polar surface area (TPSA) is 30.5 Å². The second-order valence-electron chi connectivity index (χ2n) is 5.74. The first-order chi connectivity index (χ1) is 9.72. The van der Waals surface area contributed by atoms with Crippen molar-refractivity contribution >= 4 is 0 Å². The van der Waals surface area contributed by atoms with Crippen LogP contribution in [-0.2, 0) is 9.47 Å². The third-order valence-corrected chi connectivity index (χ3v) is 4.07. The molecule has 1 saturated carbocycles. The van der Waals surface area contributed by atoms with Gasteiger partial charge in [-0.05, 0) is 45.2 Å². The molecule has 0 bridgehead atoms. The highest BCUT2D eigenvalue weighted by Crippen LogP contribution is 2.28. The Hall–Kier alpha value is -0.900. The minimum Gasteiger partial charge on any atom is -0.381 e. The summed E-state index contributed by atoms with van der Waals surface area (Å²) in [6.07, 6.45) is 5.32. The van der Waals surface area contributed by atoms with Gasteiger partial charge in [0.05, 0.1) is 18.3 Å². The molecule has 3 unspecified atom stereocenters. The largest absolute Gasteiger partial charge is 0.381 e. The van der Waals surface area contributed by atoms with Gasteiger partial charge in [0.2, 0.25) is 0 Å². The van der Waals surface area contributed by atoms with Gasteiger partial charge in [0.15, 0.2) is 0 Å². The predicted molar refractivity (Wildman–Crippen MR) is 82.0 cm³/mol. The van der Waals surface area contributed by atoms with E-state index in [0.717, 1.165) is 25.8 Å². The Morgan fingerprint density at radius 1 is 1.30 bits per heavy atom. The summed E-state index contributed by atoms with van der Waals surface area (Å²) in [7, 11) is 3.78. The molecule has 0 spiro atoms. The molecule has 0 radical (unpaired) electrons. The van der Waals surface area contributed by atoms with Crippen molar-refractivity contribution in [2.75, 3.05) is 20.7 Å². The molecule has 3 nitrogen and oxygen atoms in total. The average Bonchev–Trinajstić information content (AvgIpc) is 2.47. The van der Waals surface area contributed by atoms with Crippen molar-refractivity contribution in [3.8, 4) is 0 Å². The van der Waals surface area contributed by atoms with Crippen molar-refractivity contribution in [1.82, 2.24) is 5.32 Å². The van der Waals surface area contributed by atoms with E-state index in [4.69, 9.17) is 9.47 Å². The molecule has 1 fully saturated rings. The number of hydrogen-bond donors (Lipinski definition) is 1. The third kappa shape index (κ3) is 4.30. The summed E-state index contributed by atoms with van der Waals surface area (Å²) < 4.78 is 11.9. The molecule has 1 N–H and O–H groups in total. The number of nitrogens with one attached hydrogen (secondary N) is 1. The van der Waals surface area contributed by atoms with E-state index in [1.54, 1.807) is 7.11 Å². The molecule has 1 aliphatic carbocycles. The van der Waals surface area contributed by atoms with Gasteiger partial charge < -0.3 is 14.8 Å². The lowest BCUT2D eigenvalue weighted by Gasteiger charge is -2.31. The van der Waals surface area contributed by atoms with Crippen molar-refractivity contribution < 1.29 is 9.47 Å². The molecule has 0 amide bonds. The first-order valence-electron chi connectivity index (χ1n) is 7.62. The van der Waals surface area contributed by atoms with Crippen LogP contribution in [0, 0.1) is 6.92 Å². The van der Waals surface area contributed by atoms with Gasteiger partial charge >= 0.3 is 0 Å². The van der Waals surface area contributed by atoms with E-state index in [9.17, 15) is 0 Å². The van der Waals surface area contributed by atoms with Gasteiger partial charge in [0.1, 0.15) is 0 Å². The van der Waals surface area contributed by atoms with Crippen LogP contribution in [0.2, 0.25) is 0 Å². The van der Waals surface area contributed by atoms with E-state index in [-0.39, 0.29) is 6.10 Å². The molecule has 0 heterocycles. The van der Waals surface area contributed by atoms with Gasteiger partial charge in [-0.3, -0.25) is 0 Å². The molecule has 1 aliphatic rings. The zero-order valence-corrected chi connectivity index (χ0v) is 12.9. The van der Waals surface area contributed by atoms with E-state index in [1.807, 2.05) is 7.05 Å². The summed E-state index contributed by atoms with van der Waals surface area (Å²) in [5.74, 6) is 0. The van der Waals surface area contributed by atoms with E-state index in [0.29, 0.717) is 12.2 Å². The van der Waals surface area contributed by atoms with Crippen LogP contribution in [0.25, 0.3) is 0 Å². The Morgan fingerprint density at radius 3 is 2.80 bits per heavy atom. The van der Waals surface area contributed by atoms with Gasteiger partial charge in [-0.25, -0.2) is 0 Å². The smallest absolute Gasteiger partial charge is 0.0952 e. The quantitative estimate of drug-likeness (QED) is 0.866. The molecule has 3 heteroatoms. The normalized spacial score (nSPS) is 24.6. The van der Waals surface area contributed by atoms with Gasteiger partial charge in [0, 0.05) is 13.7 Å². The summed E-state index contributed by atoms with van der Waals surface area (Å²) in [4.78, 5) is 0. The number of methoxy groups -OCH3 is 1. The molecule has 1 aromatic rings. The lowest BCUT2D eigenvalue weighted by molar-refractivity contribution is -0.0651. The van der Waals surface area contributed by atoms with E-state index >= 15 is 0 Å². The number of hydrogen-bond acceptors (Lipinski definition) is 3. The van der Waals surface area contributed by atoms with E-state index in [2.05, 4.69) is 36.5 Å². The number of aryl methyl sites for hydroxylation is 1. The van der Waals surface area contributed by atoms with Crippen LogP contribution in [-0.4, -0.2) is 32.9 Å². The Labute approximate surface area is 122 Å². The summed E-state index contributed by atoms with van der Waals surface area (Å²) in [6, 6.07) is 8.61. The summed E-state index contributed by atoms with van der Waals surface area (Å²) in [6.45, 7) is 2.97. The van der Waals surface area contributed by atoms with Crippen LogP contribution < -0.4 is 5.32 Å². The molecule has 0 aliphatic heterocycles. The van der Waals surface area contributed by atoms with Crippen molar-refractivity contribution in [3.63, 3.8) is 0 Å². The van der Waals surface area contributed by atoms with Crippen LogP contribution in [0.15, 0.2) is 24.3 Å². The van der Waals surface area contributed by atoms with Crippen molar-refractivity contribution in [2.24, 2.45) is 0 Å². The first kappa shape index (κ1) is 15.5. The van der Waals surface area contributed by atoms with Crippen LogP contribution in [0.5, 0.6) is 0 Å². The van der Waals surface area contributed by atoms with Gasteiger partial charge in [-0.1, -0.05) is 29.8 Å². The molecule has 2 rings (SSSR count). The van der Waals surface area contributed by atoms with Crippen LogP contribution in [0.4, 0.5) is 0 Å². The SMILES string of the molecule is CNCC(OC1CCCC(OC)C1)c1cccc(C)c1. The fourth-order valence-corrected chi connectivity index (χ4v) is 2.97.